The van der Waals surface area contributed by atoms with Crippen LogP contribution in [0.5, 0.6) is 0 Å². The summed E-state index contributed by atoms with van der Waals surface area (Å²) < 4.78 is 0. The highest BCUT2D eigenvalue weighted by Crippen LogP contribution is 2.01. The second kappa shape index (κ2) is 7.79. The minimum atomic E-state index is -0.390. The molecule has 0 spiro atoms. The smallest absolute Gasteiger partial charge is 0.315 e. The summed E-state index contributed by atoms with van der Waals surface area (Å²) in [6.45, 7) is 7.07. The van der Waals surface area contributed by atoms with Crippen LogP contribution < -0.4 is 5.73 Å². The molecule has 1 rings (SSSR count). The van der Waals surface area contributed by atoms with Crippen molar-refractivity contribution < 1.29 is 4.79 Å². The third kappa shape index (κ3) is 5.00. The average Bonchev–Trinajstić information content (AvgIpc) is 2.29. The summed E-state index contributed by atoms with van der Waals surface area (Å²) in [6.07, 6.45) is 3.40. The number of rotatable bonds is 3. The summed E-state index contributed by atoms with van der Waals surface area (Å²) in [5, 5.41) is 0. The Morgan fingerprint density at radius 1 is 1.40 bits per heavy atom. The zero-order valence-electron chi connectivity index (χ0n) is 9.60. The second-order valence-electron chi connectivity index (χ2n) is 2.71. The predicted octanol–water partition coefficient (Wildman–Crippen LogP) is 2.01. The summed E-state index contributed by atoms with van der Waals surface area (Å²) in [5.41, 5.74) is 6.20. The van der Waals surface area contributed by atoms with Crippen molar-refractivity contribution >= 4 is 6.03 Å². The fourth-order valence-corrected chi connectivity index (χ4v) is 1.05. The van der Waals surface area contributed by atoms with Crippen LogP contribution in [-0.4, -0.2) is 22.5 Å². The summed E-state index contributed by atoms with van der Waals surface area (Å²) in [6, 6.07) is 3.34. The third-order valence-electron chi connectivity index (χ3n) is 1.82. The molecule has 0 aliphatic rings. The lowest BCUT2D eigenvalue weighted by Crippen LogP contribution is -2.34. The van der Waals surface area contributed by atoms with Crippen LogP contribution in [0.1, 0.15) is 26.3 Å². The number of aromatic nitrogens is 1. The maximum absolute atomic E-state index is 10.9. The Morgan fingerprint density at radius 2 is 1.93 bits per heavy atom. The number of pyridine rings is 1. The molecular formula is C11H19N3O. The van der Waals surface area contributed by atoms with E-state index in [0.29, 0.717) is 13.1 Å². The quantitative estimate of drug-likeness (QED) is 0.827. The van der Waals surface area contributed by atoms with Crippen molar-refractivity contribution in [3.05, 3.63) is 30.1 Å². The van der Waals surface area contributed by atoms with E-state index in [-0.39, 0.29) is 6.03 Å². The summed E-state index contributed by atoms with van der Waals surface area (Å²) >= 11 is 0. The van der Waals surface area contributed by atoms with Crippen LogP contribution in [0.3, 0.4) is 0 Å². The summed E-state index contributed by atoms with van der Waals surface area (Å²) in [5.74, 6) is 0. The van der Waals surface area contributed by atoms with E-state index in [2.05, 4.69) is 4.98 Å². The molecule has 0 aromatic carbocycles. The van der Waals surface area contributed by atoms with Gasteiger partial charge in [-0.1, -0.05) is 13.8 Å². The van der Waals surface area contributed by atoms with Gasteiger partial charge in [-0.3, -0.25) is 4.98 Å². The molecule has 84 valence electrons. The van der Waals surface area contributed by atoms with E-state index in [4.69, 9.17) is 5.73 Å². The molecule has 1 aromatic rings. The lowest BCUT2D eigenvalue weighted by Gasteiger charge is -2.17. The minimum Gasteiger partial charge on any atom is -0.351 e. The molecule has 0 radical (unpaired) electrons. The molecular weight excluding hydrogens is 190 g/mol. The Kier molecular flexibility index (Phi) is 6.97. The number of nitrogens with two attached hydrogens (primary N) is 1. The third-order valence-corrected chi connectivity index (χ3v) is 1.82. The van der Waals surface area contributed by atoms with Crippen molar-refractivity contribution in [3.63, 3.8) is 0 Å². The van der Waals surface area contributed by atoms with Crippen molar-refractivity contribution in [1.82, 2.24) is 9.88 Å². The summed E-state index contributed by atoms with van der Waals surface area (Å²) in [7, 11) is 0. The van der Waals surface area contributed by atoms with E-state index in [0.717, 1.165) is 5.56 Å². The largest absolute Gasteiger partial charge is 0.351 e. The number of primary amides is 1. The fourth-order valence-electron chi connectivity index (χ4n) is 1.05. The number of hydrogen-bond donors (Lipinski definition) is 1. The van der Waals surface area contributed by atoms with Crippen molar-refractivity contribution in [3.8, 4) is 0 Å². The molecule has 2 amide bonds. The molecule has 0 aliphatic carbocycles. The van der Waals surface area contributed by atoms with Gasteiger partial charge in [-0.15, -0.1) is 0 Å². The van der Waals surface area contributed by atoms with Crippen LogP contribution in [-0.2, 0) is 6.54 Å². The lowest BCUT2D eigenvalue weighted by atomic mass is 10.2. The highest BCUT2D eigenvalue weighted by Gasteiger charge is 2.06. The van der Waals surface area contributed by atoms with Gasteiger partial charge in [0.15, 0.2) is 0 Å². The van der Waals surface area contributed by atoms with Crippen molar-refractivity contribution in [1.29, 1.82) is 0 Å². The molecule has 15 heavy (non-hydrogen) atoms. The SMILES string of the molecule is CC.CCN(Cc1ccncc1)C(N)=O. The zero-order chi connectivity index (χ0) is 11.7. The Bertz CT molecular complexity index is 274. The first-order valence-electron chi connectivity index (χ1n) is 5.17. The van der Waals surface area contributed by atoms with Crippen molar-refractivity contribution in [2.75, 3.05) is 6.54 Å². The standard InChI is InChI=1S/C9H13N3O.C2H6/c1-2-12(9(10)13)7-8-3-5-11-6-4-8;1-2/h3-6H,2,7H2,1H3,(H2,10,13);1-2H3. The van der Waals surface area contributed by atoms with Gasteiger partial charge in [0, 0.05) is 25.5 Å². The number of carbonyl (C=O) groups excluding carboxylic acids is 1. The van der Waals surface area contributed by atoms with Crippen molar-refractivity contribution in [2.45, 2.75) is 27.3 Å². The van der Waals surface area contributed by atoms with Crippen LogP contribution in [0.4, 0.5) is 4.79 Å². The van der Waals surface area contributed by atoms with Crippen LogP contribution >= 0.6 is 0 Å². The number of nitrogens with zero attached hydrogens (tertiary/aromatic N) is 2. The first-order valence-corrected chi connectivity index (χ1v) is 5.17. The molecule has 1 heterocycles. The van der Waals surface area contributed by atoms with Crippen LogP contribution in [0.2, 0.25) is 0 Å². The van der Waals surface area contributed by atoms with Gasteiger partial charge in [-0.2, -0.15) is 0 Å². The minimum absolute atomic E-state index is 0.390. The van der Waals surface area contributed by atoms with Gasteiger partial charge in [-0.25, -0.2) is 4.79 Å². The molecule has 0 bridgehead atoms. The fraction of sp³-hybridized carbons (Fsp3) is 0.455. The maximum Gasteiger partial charge on any atom is 0.315 e. The highest BCUT2D eigenvalue weighted by molar-refractivity contribution is 5.71. The molecule has 0 saturated carbocycles. The van der Waals surface area contributed by atoms with Crippen LogP contribution in [0.15, 0.2) is 24.5 Å². The monoisotopic (exact) mass is 209 g/mol. The maximum atomic E-state index is 10.9. The average molecular weight is 209 g/mol. The normalized spacial score (nSPS) is 8.73. The zero-order valence-corrected chi connectivity index (χ0v) is 9.60. The molecule has 1 aromatic heterocycles. The van der Waals surface area contributed by atoms with Gasteiger partial charge < -0.3 is 10.6 Å². The molecule has 0 saturated heterocycles. The van der Waals surface area contributed by atoms with Gasteiger partial charge in [0.2, 0.25) is 0 Å². The van der Waals surface area contributed by atoms with E-state index < -0.39 is 0 Å². The van der Waals surface area contributed by atoms with Crippen molar-refractivity contribution in [2.24, 2.45) is 5.73 Å². The van der Waals surface area contributed by atoms with Crippen LogP contribution in [0.25, 0.3) is 0 Å². The first-order chi connectivity index (χ1) is 7.24. The molecule has 4 heteroatoms. The van der Waals surface area contributed by atoms with E-state index in [1.54, 1.807) is 17.3 Å². The van der Waals surface area contributed by atoms with Crippen LogP contribution in [0, 0.1) is 0 Å². The molecule has 0 atom stereocenters. The van der Waals surface area contributed by atoms with E-state index in [1.807, 2.05) is 32.9 Å². The molecule has 0 unspecified atom stereocenters. The number of hydrogen-bond acceptors (Lipinski definition) is 2. The Hall–Kier alpha value is -1.58. The Labute approximate surface area is 91.1 Å². The van der Waals surface area contributed by atoms with Gasteiger partial charge in [0.05, 0.1) is 0 Å². The highest BCUT2D eigenvalue weighted by atomic mass is 16.2. The second-order valence-corrected chi connectivity index (χ2v) is 2.71. The van der Waals surface area contributed by atoms with E-state index in [1.165, 1.54) is 0 Å². The van der Waals surface area contributed by atoms with Gasteiger partial charge >= 0.3 is 6.03 Å². The van der Waals surface area contributed by atoms with Gasteiger partial charge in [-0.05, 0) is 24.6 Å². The van der Waals surface area contributed by atoms with E-state index in [9.17, 15) is 4.79 Å². The van der Waals surface area contributed by atoms with Gasteiger partial charge in [0.1, 0.15) is 0 Å². The number of amides is 2. The Balaban J connectivity index is 0.000000921. The first kappa shape index (κ1) is 13.4. The Morgan fingerprint density at radius 3 is 2.33 bits per heavy atom. The summed E-state index contributed by atoms with van der Waals surface area (Å²) in [4.78, 5) is 16.3. The molecule has 2 N–H and O–H groups in total. The predicted molar refractivity (Wildman–Crippen MR) is 61.3 cm³/mol. The number of carbonyl (C=O) groups is 1. The van der Waals surface area contributed by atoms with Gasteiger partial charge in [0.25, 0.3) is 0 Å². The lowest BCUT2D eigenvalue weighted by molar-refractivity contribution is 0.208. The molecule has 0 fully saturated rings. The van der Waals surface area contributed by atoms with E-state index >= 15 is 0 Å². The number of urea groups is 1. The molecule has 4 nitrogen and oxygen atoms in total. The topological polar surface area (TPSA) is 59.2 Å². The molecule has 0 aliphatic heterocycles.